The van der Waals surface area contributed by atoms with Gasteiger partial charge in [0.1, 0.15) is 11.6 Å². The predicted octanol–water partition coefficient (Wildman–Crippen LogP) is 6.62. The average molecular weight is 508 g/mol. The first-order valence-corrected chi connectivity index (χ1v) is 12.2. The fourth-order valence-corrected chi connectivity index (χ4v) is 4.59. The third-order valence-electron chi connectivity index (χ3n) is 5.40. The molecular formula is C28H18ClN5OS. The van der Waals surface area contributed by atoms with E-state index in [1.807, 2.05) is 66.7 Å². The van der Waals surface area contributed by atoms with Crippen molar-refractivity contribution in [2.75, 3.05) is 0 Å². The average Bonchev–Trinajstić information content (AvgIpc) is 3.34. The van der Waals surface area contributed by atoms with Crippen molar-refractivity contribution in [1.82, 2.24) is 14.8 Å². The maximum absolute atomic E-state index is 12.2. The second-order valence-electron chi connectivity index (χ2n) is 7.84. The molecule has 174 valence electrons. The number of Topliss-reactive ketones (excluding diaryl/α,β-unsaturated/α-hetero) is 1. The maximum atomic E-state index is 12.2. The number of carbonyl (C=O) groups is 1. The van der Waals surface area contributed by atoms with Crippen LogP contribution in [0.3, 0.4) is 0 Å². The van der Waals surface area contributed by atoms with Crippen molar-refractivity contribution in [3.05, 3.63) is 111 Å². The third-order valence-corrected chi connectivity index (χ3v) is 6.66. The predicted molar refractivity (Wildman–Crippen MR) is 142 cm³/mol. The number of hydrogen-bond donors (Lipinski definition) is 0. The van der Waals surface area contributed by atoms with Crippen molar-refractivity contribution in [2.24, 2.45) is 4.99 Å². The van der Waals surface area contributed by atoms with Crippen LogP contribution in [0.25, 0.3) is 28.1 Å². The lowest BCUT2D eigenvalue weighted by Gasteiger charge is -2.10. The number of hydrogen-bond acceptors (Lipinski definition) is 6. The molecule has 0 aliphatic carbocycles. The van der Waals surface area contributed by atoms with Crippen molar-refractivity contribution in [1.29, 1.82) is 5.26 Å². The number of nitrogens with zero attached hydrogens (tertiary/aromatic N) is 5. The summed E-state index contributed by atoms with van der Waals surface area (Å²) < 4.78 is 1.57. The van der Waals surface area contributed by atoms with Crippen LogP contribution in [0.2, 0.25) is 5.02 Å². The molecule has 0 saturated carbocycles. The Labute approximate surface area is 216 Å². The van der Waals surface area contributed by atoms with E-state index >= 15 is 0 Å². The molecule has 0 N–H and O–H groups in total. The van der Waals surface area contributed by atoms with Crippen molar-refractivity contribution >= 4 is 34.5 Å². The molecule has 0 bridgehead atoms. The van der Waals surface area contributed by atoms with Gasteiger partial charge in [-0.2, -0.15) is 15.4 Å². The summed E-state index contributed by atoms with van der Waals surface area (Å²) in [7, 11) is 0. The zero-order valence-corrected chi connectivity index (χ0v) is 20.7. The molecule has 6 nitrogen and oxygen atoms in total. The van der Waals surface area contributed by atoms with Crippen LogP contribution in [0.5, 0.6) is 0 Å². The highest BCUT2D eigenvalue weighted by molar-refractivity contribution is 7.11. The molecule has 0 saturated heterocycles. The number of nitriles is 1. The Bertz CT molecular complexity index is 1670. The smallest absolute Gasteiger partial charge is 0.215 e. The number of ketones is 1. The van der Waals surface area contributed by atoms with Gasteiger partial charge in [-0.25, -0.2) is 9.67 Å². The van der Waals surface area contributed by atoms with Crippen LogP contribution in [0.4, 0.5) is 5.82 Å². The summed E-state index contributed by atoms with van der Waals surface area (Å²) in [5, 5.41) is 15.5. The van der Waals surface area contributed by atoms with Crippen LogP contribution >= 0.6 is 22.9 Å². The summed E-state index contributed by atoms with van der Waals surface area (Å²) in [6.07, 6.45) is 0. The molecule has 0 radical (unpaired) electrons. The lowest BCUT2D eigenvalue weighted by Crippen LogP contribution is -2.14. The normalized spacial score (nSPS) is 11.3. The lowest BCUT2D eigenvalue weighted by atomic mass is 9.98. The van der Waals surface area contributed by atoms with Gasteiger partial charge in [-0.1, -0.05) is 83.6 Å². The van der Waals surface area contributed by atoms with E-state index in [1.54, 1.807) is 28.9 Å². The molecule has 0 aliphatic heterocycles. The Morgan fingerprint density at radius 3 is 2.22 bits per heavy atom. The molecule has 0 spiro atoms. The maximum Gasteiger partial charge on any atom is 0.215 e. The van der Waals surface area contributed by atoms with Crippen molar-refractivity contribution in [3.63, 3.8) is 0 Å². The van der Waals surface area contributed by atoms with E-state index < -0.39 is 0 Å². The summed E-state index contributed by atoms with van der Waals surface area (Å²) in [5.41, 5.74) is 4.20. The topological polar surface area (TPSA) is 83.9 Å². The highest BCUT2D eigenvalue weighted by atomic mass is 35.5. The summed E-state index contributed by atoms with van der Waals surface area (Å²) in [6.45, 7) is 1.46. The number of pyridine rings is 1. The third kappa shape index (κ3) is 4.73. The summed E-state index contributed by atoms with van der Waals surface area (Å²) >= 11 is 7.20. The molecule has 36 heavy (non-hydrogen) atoms. The number of rotatable bonds is 5. The molecule has 0 fully saturated rings. The summed E-state index contributed by atoms with van der Waals surface area (Å²) in [6, 6.07) is 30.7. The molecule has 3 aromatic carbocycles. The van der Waals surface area contributed by atoms with Crippen LogP contribution in [-0.4, -0.2) is 20.5 Å². The molecule has 2 heterocycles. The van der Waals surface area contributed by atoms with Crippen LogP contribution in [-0.2, 0) is 0 Å². The Morgan fingerprint density at radius 1 is 0.972 bits per heavy atom. The number of halogens is 1. The Balaban J connectivity index is 1.80. The second kappa shape index (κ2) is 10.1. The van der Waals surface area contributed by atoms with Crippen molar-refractivity contribution < 1.29 is 4.79 Å². The van der Waals surface area contributed by atoms with Gasteiger partial charge in [0.2, 0.25) is 4.80 Å². The molecule has 5 aromatic rings. The lowest BCUT2D eigenvalue weighted by molar-refractivity contribution is 0.101. The molecule has 0 amide bonds. The van der Waals surface area contributed by atoms with Gasteiger partial charge in [-0.15, -0.1) is 0 Å². The largest absolute Gasteiger partial charge is 0.292 e. The van der Waals surface area contributed by atoms with Gasteiger partial charge in [-0.05, 0) is 35.9 Å². The van der Waals surface area contributed by atoms with Crippen LogP contribution in [0, 0.1) is 11.3 Å². The minimum Gasteiger partial charge on any atom is -0.292 e. The first kappa shape index (κ1) is 23.4. The fourth-order valence-electron chi connectivity index (χ4n) is 3.66. The molecule has 0 aliphatic rings. The van der Waals surface area contributed by atoms with E-state index in [1.165, 1.54) is 6.92 Å². The number of benzene rings is 3. The molecule has 8 heteroatoms. The highest BCUT2D eigenvalue weighted by Gasteiger charge is 2.17. The first-order chi connectivity index (χ1) is 17.5. The Hall–Kier alpha value is -4.38. The number of carbonyl (C=O) groups excluding carboxylic acids is 1. The van der Waals surface area contributed by atoms with Crippen molar-refractivity contribution in [2.45, 2.75) is 6.92 Å². The molecular weight excluding hydrogens is 490 g/mol. The van der Waals surface area contributed by atoms with Gasteiger partial charge >= 0.3 is 0 Å². The van der Waals surface area contributed by atoms with Gasteiger partial charge in [0, 0.05) is 23.1 Å². The van der Waals surface area contributed by atoms with Crippen LogP contribution in [0.15, 0.2) is 96.0 Å². The first-order valence-electron chi connectivity index (χ1n) is 11.0. The van der Waals surface area contributed by atoms with E-state index in [2.05, 4.69) is 11.2 Å². The molecule has 2 aromatic heterocycles. The highest BCUT2D eigenvalue weighted by Crippen LogP contribution is 2.33. The SMILES string of the molecule is CC(=O)c1nn(-c2ccc(Cl)cc2)/c(=N/c2nc(-c3ccccc3)cc(-c3ccccc3)c2C#N)s1. The summed E-state index contributed by atoms with van der Waals surface area (Å²) in [4.78, 5) is 22.1. The molecule has 0 unspecified atom stereocenters. The van der Waals surface area contributed by atoms with Gasteiger partial charge in [0.05, 0.1) is 11.4 Å². The zero-order valence-electron chi connectivity index (χ0n) is 19.1. The van der Waals surface area contributed by atoms with E-state index in [-0.39, 0.29) is 11.6 Å². The van der Waals surface area contributed by atoms with E-state index in [0.29, 0.717) is 31.8 Å². The van der Waals surface area contributed by atoms with Gasteiger partial charge in [0.15, 0.2) is 16.6 Å². The van der Waals surface area contributed by atoms with Gasteiger partial charge in [0.25, 0.3) is 0 Å². The standard InChI is InChI=1S/C28H18ClN5OS/c1-18(35)27-33-34(22-14-12-21(29)13-15-22)28(36-27)32-26-24(17-30)23(19-8-4-2-5-9-19)16-25(31-26)20-10-6-3-7-11-20/h2-16H,1H3/b32-28-. The van der Waals surface area contributed by atoms with Gasteiger partial charge < -0.3 is 0 Å². The Kier molecular flexibility index (Phi) is 6.54. The zero-order chi connectivity index (χ0) is 25.1. The van der Waals surface area contributed by atoms with E-state index in [4.69, 9.17) is 21.6 Å². The monoisotopic (exact) mass is 507 g/mol. The van der Waals surface area contributed by atoms with E-state index in [0.717, 1.165) is 28.0 Å². The minimum atomic E-state index is -0.180. The molecule has 5 rings (SSSR count). The molecule has 0 atom stereocenters. The minimum absolute atomic E-state index is 0.180. The van der Waals surface area contributed by atoms with Gasteiger partial charge in [-0.3, -0.25) is 4.79 Å². The number of aromatic nitrogens is 3. The van der Waals surface area contributed by atoms with Crippen LogP contribution in [0.1, 0.15) is 22.3 Å². The second-order valence-corrected chi connectivity index (χ2v) is 9.24. The van der Waals surface area contributed by atoms with E-state index in [9.17, 15) is 10.1 Å². The summed E-state index contributed by atoms with van der Waals surface area (Å²) in [5.74, 6) is 0.0693. The Morgan fingerprint density at radius 2 is 1.61 bits per heavy atom. The van der Waals surface area contributed by atoms with Crippen LogP contribution < -0.4 is 4.80 Å². The quantitative estimate of drug-likeness (QED) is 0.250. The van der Waals surface area contributed by atoms with Crippen molar-refractivity contribution in [3.8, 4) is 34.1 Å². The fraction of sp³-hybridized carbons (Fsp3) is 0.0357.